The second-order valence-corrected chi connectivity index (χ2v) is 8.34. The van der Waals surface area contributed by atoms with Crippen molar-refractivity contribution in [3.63, 3.8) is 0 Å². The van der Waals surface area contributed by atoms with Crippen molar-refractivity contribution in [3.05, 3.63) is 99.7 Å². The van der Waals surface area contributed by atoms with Gasteiger partial charge in [-0.15, -0.1) is 0 Å². The second kappa shape index (κ2) is 7.88. The van der Waals surface area contributed by atoms with Crippen LogP contribution in [0, 0.1) is 34.6 Å². The smallest absolute Gasteiger partial charge is 0.282 e. The molecule has 0 radical (unpaired) electrons. The molecule has 2 amide bonds. The molecule has 0 unspecified atom stereocenters. The van der Waals surface area contributed by atoms with Crippen LogP contribution in [-0.4, -0.2) is 11.8 Å². The molecule has 4 rings (SSSR count). The van der Waals surface area contributed by atoms with Gasteiger partial charge < -0.3 is 5.32 Å². The van der Waals surface area contributed by atoms with Crippen molar-refractivity contribution in [3.8, 4) is 0 Å². The Balaban J connectivity index is 1.87. The largest absolute Gasteiger partial charge is 0.350 e. The minimum Gasteiger partial charge on any atom is -0.350 e. The molecule has 3 aromatic rings. The third-order valence-corrected chi connectivity index (χ3v) is 5.63. The van der Waals surface area contributed by atoms with Crippen molar-refractivity contribution in [1.29, 1.82) is 0 Å². The lowest BCUT2D eigenvalue weighted by atomic mass is 9.99. The summed E-state index contributed by atoms with van der Waals surface area (Å²) in [5, 5.41) is 3.24. The van der Waals surface area contributed by atoms with E-state index in [2.05, 4.69) is 5.32 Å². The third kappa shape index (κ3) is 3.89. The molecule has 1 N–H and O–H groups in total. The maximum absolute atomic E-state index is 13.6. The Morgan fingerprint density at radius 3 is 2.03 bits per heavy atom. The number of hydrogen-bond acceptors (Lipinski definition) is 3. The van der Waals surface area contributed by atoms with Crippen LogP contribution in [0.5, 0.6) is 0 Å². The summed E-state index contributed by atoms with van der Waals surface area (Å²) < 4.78 is 0. The second-order valence-electron chi connectivity index (χ2n) is 8.34. The maximum atomic E-state index is 13.6. The van der Waals surface area contributed by atoms with Crippen molar-refractivity contribution in [2.24, 2.45) is 0 Å². The van der Waals surface area contributed by atoms with E-state index in [1.807, 2.05) is 95.3 Å². The SMILES string of the molecule is Cc1cccc(NC2=C(c3ccc(C)c(C)c3)C(=O)N(c3cc(C)cc(C)c3)C2=O)c1. The maximum Gasteiger partial charge on any atom is 0.282 e. The third-order valence-electron chi connectivity index (χ3n) is 5.63. The van der Waals surface area contributed by atoms with Gasteiger partial charge in [0.1, 0.15) is 5.70 Å². The van der Waals surface area contributed by atoms with Crippen LogP contribution in [0.2, 0.25) is 0 Å². The van der Waals surface area contributed by atoms with Crippen LogP contribution in [0.25, 0.3) is 5.57 Å². The summed E-state index contributed by atoms with van der Waals surface area (Å²) in [6.45, 7) is 9.96. The van der Waals surface area contributed by atoms with Crippen molar-refractivity contribution in [2.45, 2.75) is 34.6 Å². The molecule has 3 aromatic carbocycles. The van der Waals surface area contributed by atoms with Gasteiger partial charge in [-0.05, 0) is 92.3 Å². The van der Waals surface area contributed by atoms with Gasteiger partial charge in [0, 0.05) is 5.69 Å². The van der Waals surface area contributed by atoms with Gasteiger partial charge in [0.2, 0.25) is 0 Å². The van der Waals surface area contributed by atoms with Crippen LogP contribution in [-0.2, 0) is 9.59 Å². The van der Waals surface area contributed by atoms with Crippen molar-refractivity contribution >= 4 is 28.8 Å². The van der Waals surface area contributed by atoms with E-state index in [-0.39, 0.29) is 11.8 Å². The van der Waals surface area contributed by atoms with Crippen LogP contribution >= 0.6 is 0 Å². The first-order chi connectivity index (χ1) is 14.7. The summed E-state index contributed by atoms with van der Waals surface area (Å²) in [6.07, 6.45) is 0. The zero-order valence-electron chi connectivity index (χ0n) is 18.5. The molecule has 1 aliphatic heterocycles. The van der Waals surface area contributed by atoms with Crippen molar-refractivity contribution in [1.82, 2.24) is 0 Å². The van der Waals surface area contributed by atoms with Crippen LogP contribution in [0.1, 0.15) is 33.4 Å². The van der Waals surface area contributed by atoms with E-state index in [0.717, 1.165) is 39.1 Å². The van der Waals surface area contributed by atoms with Crippen LogP contribution in [0.4, 0.5) is 11.4 Å². The Kier molecular flexibility index (Phi) is 5.24. The van der Waals surface area contributed by atoms with E-state index < -0.39 is 0 Å². The van der Waals surface area contributed by atoms with E-state index >= 15 is 0 Å². The average Bonchev–Trinajstić information content (AvgIpc) is 2.93. The molecule has 0 aromatic heterocycles. The quantitative estimate of drug-likeness (QED) is 0.568. The predicted molar refractivity (Wildman–Crippen MR) is 126 cm³/mol. The highest BCUT2D eigenvalue weighted by molar-refractivity contribution is 6.46. The number of nitrogens with zero attached hydrogens (tertiary/aromatic N) is 1. The number of carbonyl (C=O) groups excluding carboxylic acids is 2. The molecule has 0 saturated carbocycles. The summed E-state index contributed by atoms with van der Waals surface area (Å²) in [7, 11) is 0. The first kappa shape index (κ1) is 20.6. The molecule has 1 aliphatic rings. The summed E-state index contributed by atoms with van der Waals surface area (Å²) >= 11 is 0. The van der Waals surface area contributed by atoms with Crippen LogP contribution < -0.4 is 10.2 Å². The Bertz CT molecular complexity index is 1230. The first-order valence-corrected chi connectivity index (χ1v) is 10.4. The number of rotatable bonds is 4. The Hall–Kier alpha value is -3.66. The van der Waals surface area contributed by atoms with Gasteiger partial charge in [0.05, 0.1) is 11.3 Å². The lowest BCUT2D eigenvalue weighted by Gasteiger charge is -2.17. The molecule has 31 heavy (non-hydrogen) atoms. The lowest BCUT2D eigenvalue weighted by molar-refractivity contribution is -0.120. The molecule has 0 fully saturated rings. The highest BCUT2D eigenvalue weighted by atomic mass is 16.2. The van der Waals surface area contributed by atoms with Gasteiger partial charge in [0.25, 0.3) is 11.8 Å². The molecule has 1 heterocycles. The topological polar surface area (TPSA) is 49.4 Å². The standard InChI is InChI=1S/C27H26N2O2/c1-16-7-6-8-22(12-16)28-25-24(21-10-9-19(4)20(5)15-21)26(30)29(27(25)31)23-13-17(2)11-18(3)14-23/h6-15,28H,1-5H3. The zero-order chi connectivity index (χ0) is 22.3. The normalized spacial score (nSPS) is 13.9. The Morgan fingerprint density at radius 2 is 1.39 bits per heavy atom. The summed E-state index contributed by atoms with van der Waals surface area (Å²) in [5.74, 6) is -0.654. The lowest BCUT2D eigenvalue weighted by Crippen LogP contribution is -2.32. The minimum atomic E-state index is -0.343. The fourth-order valence-corrected chi connectivity index (χ4v) is 3.99. The van der Waals surface area contributed by atoms with E-state index in [1.54, 1.807) is 0 Å². The van der Waals surface area contributed by atoms with Gasteiger partial charge >= 0.3 is 0 Å². The molecule has 4 nitrogen and oxygen atoms in total. The highest BCUT2D eigenvalue weighted by Gasteiger charge is 2.40. The monoisotopic (exact) mass is 410 g/mol. The average molecular weight is 411 g/mol. The number of hydrogen-bond donors (Lipinski definition) is 1. The molecule has 4 heteroatoms. The molecule has 0 aliphatic carbocycles. The predicted octanol–water partition coefficient (Wildman–Crippen LogP) is 5.63. The van der Waals surface area contributed by atoms with Crippen molar-refractivity contribution in [2.75, 3.05) is 10.2 Å². The van der Waals surface area contributed by atoms with Crippen LogP contribution in [0.3, 0.4) is 0 Å². The molecule has 0 spiro atoms. The van der Waals surface area contributed by atoms with Gasteiger partial charge in [-0.25, -0.2) is 4.90 Å². The Morgan fingerprint density at radius 1 is 0.677 bits per heavy atom. The molecular formula is C27H26N2O2. The fraction of sp³-hybridized carbons (Fsp3) is 0.185. The van der Waals surface area contributed by atoms with Gasteiger partial charge in [-0.2, -0.15) is 0 Å². The summed E-state index contributed by atoms with van der Waals surface area (Å²) in [4.78, 5) is 28.4. The van der Waals surface area contributed by atoms with Crippen molar-refractivity contribution < 1.29 is 9.59 Å². The zero-order valence-corrected chi connectivity index (χ0v) is 18.5. The molecule has 156 valence electrons. The highest BCUT2D eigenvalue weighted by Crippen LogP contribution is 2.35. The summed E-state index contributed by atoms with van der Waals surface area (Å²) in [6, 6.07) is 19.4. The number of anilines is 2. The van der Waals surface area contributed by atoms with Gasteiger partial charge in [-0.3, -0.25) is 9.59 Å². The van der Waals surface area contributed by atoms with E-state index in [9.17, 15) is 9.59 Å². The number of carbonyl (C=O) groups is 2. The number of nitrogens with one attached hydrogen (secondary N) is 1. The van der Waals surface area contributed by atoms with E-state index in [4.69, 9.17) is 0 Å². The van der Waals surface area contributed by atoms with Gasteiger partial charge in [-0.1, -0.05) is 36.4 Å². The number of amides is 2. The molecule has 0 saturated heterocycles. The number of benzene rings is 3. The minimum absolute atomic E-state index is 0.304. The van der Waals surface area contributed by atoms with E-state index in [0.29, 0.717) is 17.0 Å². The first-order valence-electron chi connectivity index (χ1n) is 10.4. The Labute approximate surface area is 183 Å². The van der Waals surface area contributed by atoms with Gasteiger partial charge in [0.15, 0.2) is 0 Å². The summed E-state index contributed by atoms with van der Waals surface area (Å²) in [5.41, 5.74) is 8.10. The van der Waals surface area contributed by atoms with E-state index in [1.165, 1.54) is 4.90 Å². The molecular weight excluding hydrogens is 384 g/mol. The molecule has 0 atom stereocenters. The number of imide groups is 1. The molecule has 0 bridgehead atoms. The van der Waals surface area contributed by atoms with Crippen LogP contribution in [0.15, 0.2) is 66.4 Å². The number of aryl methyl sites for hydroxylation is 5. The fourth-order valence-electron chi connectivity index (χ4n) is 3.99.